The van der Waals surface area contributed by atoms with Crippen LogP contribution in [-0.4, -0.2) is 57.6 Å². The normalized spacial score (nSPS) is 13.6. The summed E-state index contributed by atoms with van der Waals surface area (Å²) >= 11 is 1.24. The van der Waals surface area contributed by atoms with Crippen molar-refractivity contribution in [3.63, 3.8) is 0 Å². The van der Waals surface area contributed by atoms with Gasteiger partial charge in [0.15, 0.2) is 11.0 Å². The summed E-state index contributed by atoms with van der Waals surface area (Å²) in [6, 6.07) is 6.90. The predicted molar refractivity (Wildman–Crippen MR) is 94.2 cm³/mol. The second-order valence-electron chi connectivity index (χ2n) is 5.49. The molecule has 1 aromatic heterocycles. The van der Waals surface area contributed by atoms with Crippen LogP contribution in [0, 0.1) is 0 Å². The lowest BCUT2D eigenvalue weighted by atomic mass is 10.3. The molecule has 2 heterocycles. The SMILES string of the molecule is COc1ccc(OCc2nnc(SCC(=O)N3CCNC3=O)n2C)cc1. The maximum absolute atomic E-state index is 12.1. The lowest BCUT2D eigenvalue weighted by Gasteiger charge is -2.11. The van der Waals surface area contributed by atoms with Gasteiger partial charge in [0.1, 0.15) is 18.1 Å². The first-order valence-electron chi connectivity index (χ1n) is 7.94. The lowest BCUT2D eigenvalue weighted by Crippen LogP contribution is -2.35. The van der Waals surface area contributed by atoms with E-state index in [9.17, 15) is 9.59 Å². The van der Waals surface area contributed by atoms with Crippen molar-refractivity contribution in [2.45, 2.75) is 11.8 Å². The summed E-state index contributed by atoms with van der Waals surface area (Å²) in [5.41, 5.74) is 0. The Bertz CT molecular complexity index is 792. The topological polar surface area (TPSA) is 98.6 Å². The van der Waals surface area contributed by atoms with Crippen molar-refractivity contribution in [2.75, 3.05) is 26.0 Å². The molecule has 3 rings (SSSR count). The third kappa shape index (κ3) is 4.07. The third-order valence-corrected chi connectivity index (χ3v) is 4.84. The van der Waals surface area contributed by atoms with Gasteiger partial charge in [-0.1, -0.05) is 11.8 Å². The fraction of sp³-hybridized carbons (Fsp3) is 0.375. The van der Waals surface area contributed by atoms with Crippen LogP contribution in [0.25, 0.3) is 0 Å². The number of ether oxygens (including phenoxy) is 2. The van der Waals surface area contributed by atoms with Gasteiger partial charge in [-0.3, -0.25) is 9.69 Å². The molecule has 0 atom stereocenters. The summed E-state index contributed by atoms with van der Waals surface area (Å²) in [7, 11) is 3.41. The van der Waals surface area contributed by atoms with E-state index in [2.05, 4.69) is 15.5 Å². The molecule has 1 fully saturated rings. The van der Waals surface area contributed by atoms with Crippen LogP contribution in [0.1, 0.15) is 5.82 Å². The van der Waals surface area contributed by atoms with Crippen LogP contribution in [0.5, 0.6) is 11.5 Å². The molecular formula is C16H19N5O4S. The van der Waals surface area contributed by atoms with Gasteiger partial charge in [-0.25, -0.2) is 4.79 Å². The van der Waals surface area contributed by atoms with E-state index in [0.717, 1.165) is 5.75 Å². The van der Waals surface area contributed by atoms with E-state index in [1.54, 1.807) is 11.7 Å². The number of imide groups is 1. The fourth-order valence-electron chi connectivity index (χ4n) is 2.33. The second-order valence-corrected chi connectivity index (χ2v) is 6.43. The number of carbonyl (C=O) groups is 2. The summed E-state index contributed by atoms with van der Waals surface area (Å²) < 4.78 is 12.6. The maximum Gasteiger partial charge on any atom is 0.324 e. The molecule has 9 nitrogen and oxygen atoms in total. The van der Waals surface area contributed by atoms with E-state index in [0.29, 0.717) is 29.8 Å². The van der Waals surface area contributed by atoms with E-state index in [4.69, 9.17) is 9.47 Å². The number of nitrogens with one attached hydrogen (secondary N) is 1. The van der Waals surface area contributed by atoms with Crippen LogP contribution in [-0.2, 0) is 18.4 Å². The van der Waals surface area contributed by atoms with Crippen LogP contribution in [0.3, 0.4) is 0 Å². The number of amides is 3. The van der Waals surface area contributed by atoms with E-state index >= 15 is 0 Å². The van der Waals surface area contributed by atoms with Crippen molar-refractivity contribution < 1.29 is 19.1 Å². The van der Waals surface area contributed by atoms with Crippen molar-refractivity contribution in [1.29, 1.82) is 0 Å². The number of carbonyl (C=O) groups excluding carboxylic acids is 2. The molecule has 0 bridgehead atoms. The minimum absolute atomic E-state index is 0.124. The third-order valence-electron chi connectivity index (χ3n) is 3.84. The molecule has 0 aliphatic carbocycles. The maximum atomic E-state index is 12.1. The number of nitrogens with zero attached hydrogens (tertiary/aromatic N) is 4. The average Bonchev–Trinajstić information content (AvgIpc) is 3.24. The van der Waals surface area contributed by atoms with Gasteiger partial charge in [-0.15, -0.1) is 10.2 Å². The second kappa shape index (κ2) is 8.09. The number of methoxy groups -OCH3 is 1. The molecule has 10 heteroatoms. The Labute approximate surface area is 154 Å². The Morgan fingerprint density at radius 2 is 2.00 bits per heavy atom. The van der Waals surface area contributed by atoms with Gasteiger partial charge in [0.05, 0.1) is 12.9 Å². The molecular weight excluding hydrogens is 358 g/mol. The highest BCUT2D eigenvalue weighted by molar-refractivity contribution is 7.99. The highest BCUT2D eigenvalue weighted by Gasteiger charge is 2.26. The number of urea groups is 1. The van der Waals surface area contributed by atoms with Crippen LogP contribution in [0.2, 0.25) is 0 Å². The van der Waals surface area contributed by atoms with Crippen molar-refractivity contribution in [3.05, 3.63) is 30.1 Å². The molecule has 1 aromatic carbocycles. The molecule has 0 unspecified atom stereocenters. The quantitative estimate of drug-likeness (QED) is 0.720. The number of thioether (sulfide) groups is 1. The fourth-order valence-corrected chi connectivity index (χ4v) is 3.14. The standard InChI is InChI=1S/C16H19N5O4S/c1-20-13(9-25-12-5-3-11(24-2)4-6-12)18-19-16(20)26-10-14(22)21-8-7-17-15(21)23/h3-6H,7-10H2,1-2H3,(H,17,23). The number of benzene rings is 1. The monoisotopic (exact) mass is 377 g/mol. The van der Waals surface area contributed by atoms with Gasteiger partial charge in [0, 0.05) is 20.1 Å². The molecule has 2 aromatic rings. The van der Waals surface area contributed by atoms with Gasteiger partial charge in [-0.2, -0.15) is 0 Å². The van der Waals surface area contributed by atoms with Gasteiger partial charge >= 0.3 is 6.03 Å². The number of hydrogen-bond acceptors (Lipinski definition) is 7. The molecule has 26 heavy (non-hydrogen) atoms. The summed E-state index contributed by atoms with van der Waals surface area (Å²) in [5, 5.41) is 11.4. The molecule has 1 aliphatic rings. The predicted octanol–water partition coefficient (Wildman–Crippen LogP) is 1.05. The Morgan fingerprint density at radius 3 is 2.65 bits per heavy atom. The van der Waals surface area contributed by atoms with E-state index in [-0.39, 0.29) is 24.3 Å². The summed E-state index contributed by atoms with van der Waals surface area (Å²) in [6.07, 6.45) is 0. The molecule has 3 amide bonds. The van der Waals surface area contributed by atoms with E-state index in [1.807, 2.05) is 31.3 Å². The molecule has 1 N–H and O–H groups in total. The largest absolute Gasteiger partial charge is 0.497 e. The first-order valence-corrected chi connectivity index (χ1v) is 8.93. The smallest absolute Gasteiger partial charge is 0.324 e. The Balaban J connectivity index is 1.53. The van der Waals surface area contributed by atoms with Crippen molar-refractivity contribution in [2.24, 2.45) is 7.05 Å². The Morgan fingerprint density at radius 1 is 1.27 bits per heavy atom. The molecule has 0 spiro atoms. The highest BCUT2D eigenvalue weighted by Crippen LogP contribution is 2.20. The van der Waals surface area contributed by atoms with Crippen molar-refractivity contribution in [3.8, 4) is 11.5 Å². The minimum Gasteiger partial charge on any atom is -0.497 e. The summed E-state index contributed by atoms with van der Waals surface area (Å²) in [4.78, 5) is 24.8. The molecule has 0 radical (unpaired) electrons. The van der Waals surface area contributed by atoms with Crippen LogP contribution in [0.4, 0.5) is 4.79 Å². The van der Waals surface area contributed by atoms with Gasteiger partial charge in [0.2, 0.25) is 5.91 Å². The first-order chi connectivity index (χ1) is 12.6. The van der Waals surface area contributed by atoms with Crippen molar-refractivity contribution >= 4 is 23.7 Å². The van der Waals surface area contributed by atoms with E-state index in [1.165, 1.54) is 16.7 Å². The van der Waals surface area contributed by atoms with Crippen LogP contribution in [0.15, 0.2) is 29.4 Å². The Hall–Kier alpha value is -2.75. The number of hydrogen-bond donors (Lipinski definition) is 1. The zero-order chi connectivity index (χ0) is 18.5. The van der Waals surface area contributed by atoms with Crippen LogP contribution >= 0.6 is 11.8 Å². The lowest BCUT2D eigenvalue weighted by molar-refractivity contribution is -0.124. The van der Waals surface area contributed by atoms with Gasteiger partial charge in [0.25, 0.3) is 0 Å². The zero-order valence-corrected chi connectivity index (χ0v) is 15.3. The highest BCUT2D eigenvalue weighted by atomic mass is 32.2. The number of aromatic nitrogens is 3. The molecule has 0 saturated carbocycles. The van der Waals surface area contributed by atoms with Crippen molar-refractivity contribution in [1.82, 2.24) is 25.0 Å². The average molecular weight is 377 g/mol. The first kappa shape index (κ1) is 18.1. The Kier molecular flexibility index (Phi) is 5.61. The van der Waals surface area contributed by atoms with Gasteiger partial charge in [-0.05, 0) is 24.3 Å². The van der Waals surface area contributed by atoms with Gasteiger partial charge < -0.3 is 19.4 Å². The van der Waals surface area contributed by atoms with Crippen LogP contribution < -0.4 is 14.8 Å². The summed E-state index contributed by atoms with van der Waals surface area (Å²) in [6.45, 7) is 1.14. The van der Waals surface area contributed by atoms with E-state index < -0.39 is 0 Å². The zero-order valence-electron chi connectivity index (χ0n) is 14.5. The molecule has 1 aliphatic heterocycles. The number of rotatable bonds is 7. The minimum atomic E-state index is -0.345. The molecule has 138 valence electrons. The summed E-state index contributed by atoms with van der Waals surface area (Å²) in [5.74, 6) is 1.96. The molecule has 1 saturated heterocycles.